The van der Waals surface area contributed by atoms with Crippen LogP contribution in [-0.4, -0.2) is 16.1 Å². The van der Waals surface area contributed by atoms with Crippen LogP contribution in [0.2, 0.25) is 39.3 Å². The number of hydrogen-bond donors (Lipinski definition) is 0. The van der Waals surface area contributed by atoms with Gasteiger partial charge in [-0.3, -0.25) is 0 Å². The van der Waals surface area contributed by atoms with Crippen molar-refractivity contribution in [1.82, 2.24) is 0 Å². The van der Waals surface area contributed by atoms with Crippen LogP contribution in [0.5, 0.6) is 0 Å². The minimum atomic E-state index is -1.33. The van der Waals surface area contributed by atoms with E-state index in [2.05, 4.69) is 141 Å². The van der Waals surface area contributed by atoms with Crippen LogP contribution in [0, 0.1) is 22.9 Å². The molecule has 0 saturated heterocycles. The van der Waals surface area contributed by atoms with Crippen LogP contribution in [0.4, 0.5) is 0 Å². The molecule has 7 heteroatoms. The second kappa shape index (κ2) is 19.1. The normalized spacial score (nSPS) is 14.3. The molecule has 6 rings (SSSR count). The van der Waals surface area contributed by atoms with Crippen molar-refractivity contribution in [3.05, 3.63) is 65.9 Å². The van der Waals surface area contributed by atoms with Crippen molar-refractivity contribution >= 4 is 77.4 Å². The molecule has 282 valence electrons. The fourth-order valence-electron chi connectivity index (χ4n) is 7.74. The summed E-state index contributed by atoms with van der Waals surface area (Å²) < 4.78 is 1.29. The molecule has 0 spiro atoms. The minimum Gasteiger partial charge on any atom is -0.143 e. The Kier molecular flexibility index (Phi) is 16.0. The molecule has 0 amide bonds. The van der Waals surface area contributed by atoms with E-state index in [0.29, 0.717) is 5.41 Å². The first-order valence-corrected chi connectivity index (χ1v) is 31.0. The van der Waals surface area contributed by atoms with Gasteiger partial charge in [0.25, 0.3) is 0 Å². The van der Waals surface area contributed by atoms with Crippen molar-refractivity contribution in [3.63, 3.8) is 0 Å². The maximum atomic E-state index is 3.71. The summed E-state index contributed by atoms with van der Waals surface area (Å²) in [5, 5.41) is 4.58. The lowest BCUT2D eigenvalue weighted by atomic mass is 9.72. The fourth-order valence-corrected chi connectivity index (χ4v) is 14.2. The van der Waals surface area contributed by atoms with E-state index in [0.717, 1.165) is 0 Å². The van der Waals surface area contributed by atoms with E-state index in [1.165, 1.54) is 100 Å². The molecule has 2 aliphatic rings. The van der Waals surface area contributed by atoms with Crippen molar-refractivity contribution in [2.24, 2.45) is 0 Å². The molecule has 4 aromatic heterocycles. The highest BCUT2D eigenvalue weighted by Gasteiger charge is 2.45. The van der Waals surface area contributed by atoms with Gasteiger partial charge in [-0.1, -0.05) is 124 Å². The summed E-state index contributed by atoms with van der Waals surface area (Å²) in [6.45, 7) is 24.8. The predicted molar refractivity (Wildman–Crippen MR) is 250 cm³/mol. The molecule has 0 nitrogen and oxygen atoms in total. The van der Waals surface area contributed by atoms with E-state index < -0.39 is 16.1 Å². The number of hydrogen-bond acceptors (Lipinski definition) is 4. The zero-order valence-electron chi connectivity index (χ0n) is 34.0. The molecule has 0 fully saturated rings. The van der Waals surface area contributed by atoms with Crippen LogP contribution >= 0.6 is 61.3 Å². The Labute approximate surface area is 344 Å². The van der Waals surface area contributed by atoms with Crippen LogP contribution in [0.15, 0.2) is 38.8 Å². The molecule has 0 unspecified atom stereocenters. The first kappa shape index (κ1) is 43.6. The Balaban J connectivity index is 0.000000200. The van der Waals surface area contributed by atoms with E-state index in [9.17, 15) is 0 Å². The van der Waals surface area contributed by atoms with E-state index >= 15 is 0 Å². The van der Waals surface area contributed by atoms with Gasteiger partial charge in [-0.2, -0.15) is 0 Å². The summed E-state index contributed by atoms with van der Waals surface area (Å²) in [4.78, 5) is 7.42. The van der Waals surface area contributed by atoms with Gasteiger partial charge >= 0.3 is 0 Å². The van der Waals surface area contributed by atoms with Gasteiger partial charge in [-0.15, -0.1) is 62.4 Å². The molecule has 0 aromatic carbocycles. The fraction of sp³-hybridized carbons (Fsp3) is 0.556. The zero-order chi connectivity index (χ0) is 38.2. The topological polar surface area (TPSA) is 0 Å². The number of halogens is 1. The van der Waals surface area contributed by atoms with Crippen molar-refractivity contribution in [2.75, 3.05) is 0 Å². The summed E-state index contributed by atoms with van der Waals surface area (Å²) in [5.41, 5.74) is 13.7. The van der Waals surface area contributed by atoms with Gasteiger partial charge in [0.2, 0.25) is 0 Å². The highest BCUT2D eigenvalue weighted by atomic mass is 79.9. The van der Waals surface area contributed by atoms with Crippen molar-refractivity contribution in [3.8, 4) is 42.4 Å². The Morgan fingerprint density at radius 1 is 0.577 bits per heavy atom. The number of unbranched alkanes of at least 4 members (excludes halogenated alkanes) is 4. The van der Waals surface area contributed by atoms with Crippen molar-refractivity contribution < 1.29 is 0 Å². The third kappa shape index (κ3) is 10.2. The van der Waals surface area contributed by atoms with E-state index in [1.54, 1.807) is 27.1 Å². The second-order valence-electron chi connectivity index (χ2n) is 16.7. The largest absolute Gasteiger partial charge is 0.143 e. The highest BCUT2D eigenvalue weighted by molar-refractivity contribution is 9.11. The molecule has 0 bridgehead atoms. The molecule has 0 atom stereocenters. The number of rotatable bonds is 12. The maximum Gasteiger partial charge on any atom is 0.129 e. The SMILES string of the molecule is CC#C[Si](C)(C)C.CCCCC1(CCCC)c2ccsc2-c2sc(Br)cc21.CCCCC1(CCCC)c2ccsc2-c2sc(C#C[Si](C)(C)C)cc21. The Morgan fingerprint density at radius 3 is 1.38 bits per heavy atom. The van der Waals surface area contributed by atoms with Crippen molar-refractivity contribution in [1.29, 1.82) is 0 Å². The maximum absolute atomic E-state index is 3.71. The number of fused-ring (bicyclic) bond motifs is 6. The lowest BCUT2D eigenvalue weighted by Gasteiger charge is -2.31. The molecule has 0 N–H and O–H groups in total. The summed E-state index contributed by atoms with van der Waals surface area (Å²) in [6.07, 6.45) is 15.6. The van der Waals surface area contributed by atoms with Crippen LogP contribution in [0.25, 0.3) is 19.5 Å². The number of thiophene rings is 4. The lowest BCUT2D eigenvalue weighted by molar-refractivity contribution is 0.415. The lowest BCUT2D eigenvalue weighted by Crippen LogP contribution is -2.24. The molecule has 4 aromatic rings. The van der Waals surface area contributed by atoms with Crippen molar-refractivity contribution in [2.45, 2.75) is 162 Å². The van der Waals surface area contributed by atoms with E-state index in [1.807, 2.05) is 52.3 Å². The molecule has 4 heterocycles. The average molecular weight is 868 g/mol. The summed E-state index contributed by atoms with van der Waals surface area (Å²) in [6, 6.07) is 9.65. The summed E-state index contributed by atoms with van der Waals surface area (Å²) in [5.74, 6) is 6.44. The molecular formula is C45H63BrS4Si2. The summed E-state index contributed by atoms with van der Waals surface area (Å²) >= 11 is 11.4. The summed E-state index contributed by atoms with van der Waals surface area (Å²) in [7, 11) is -2.35. The molecular weight excluding hydrogens is 805 g/mol. The second-order valence-corrected chi connectivity index (χ2v) is 31.5. The molecule has 0 aliphatic heterocycles. The first-order chi connectivity index (χ1) is 24.7. The van der Waals surface area contributed by atoms with Crippen LogP contribution in [0.1, 0.15) is 139 Å². The van der Waals surface area contributed by atoms with Gasteiger partial charge in [0.1, 0.15) is 16.1 Å². The highest BCUT2D eigenvalue weighted by Crippen LogP contribution is 2.60. The predicted octanol–water partition coefficient (Wildman–Crippen LogP) is 16.8. The Hall–Kier alpha value is -1.17. The Morgan fingerprint density at radius 2 is 1.00 bits per heavy atom. The van der Waals surface area contributed by atoms with Gasteiger partial charge in [0.15, 0.2) is 0 Å². The van der Waals surface area contributed by atoms with Gasteiger partial charge in [-0.05, 0) is 106 Å². The van der Waals surface area contributed by atoms with Crippen LogP contribution < -0.4 is 0 Å². The molecule has 52 heavy (non-hydrogen) atoms. The average Bonchev–Trinajstić information content (AvgIpc) is 3.92. The third-order valence-electron chi connectivity index (χ3n) is 10.1. The molecule has 0 saturated carbocycles. The smallest absolute Gasteiger partial charge is 0.129 e. The van der Waals surface area contributed by atoms with Gasteiger partial charge in [0, 0.05) is 30.3 Å². The molecule has 2 aliphatic carbocycles. The third-order valence-corrected chi connectivity index (χ3v) is 16.8. The van der Waals surface area contributed by atoms with E-state index in [4.69, 9.17) is 0 Å². The van der Waals surface area contributed by atoms with Gasteiger partial charge < -0.3 is 0 Å². The monoisotopic (exact) mass is 866 g/mol. The standard InChI is InChI=1S/C22H30S2Si.C17H21BrS2.C6H12Si/c1-6-8-12-22(13-9-7-2)18-10-14-23-20(18)21-19(22)16-17(24-21)11-15-25(3,4)5;1-3-5-8-17(9-6-4-2)12-7-10-19-15(12)16-13(17)11-14(18)20-16;1-5-6-7(2,3)4/h10,14,16H,6-9,12-13H2,1-5H3;7,10-11H,3-6,8-9H2,1-2H3;1-4H3. The quantitative estimate of drug-likeness (QED) is 0.0983. The van der Waals surface area contributed by atoms with Gasteiger partial charge in [0.05, 0.1) is 8.66 Å². The molecule has 0 radical (unpaired) electrons. The Bertz CT molecular complexity index is 1850. The first-order valence-electron chi connectivity index (χ1n) is 19.8. The van der Waals surface area contributed by atoms with E-state index in [-0.39, 0.29) is 5.41 Å². The van der Waals surface area contributed by atoms with Gasteiger partial charge in [-0.25, -0.2) is 0 Å². The van der Waals surface area contributed by atoms with Crippen LogP contribution in [0.3, 0.4) is 0 Å². The zero-order valence-corrected chi connectivity index (χ0v) is 40.8. The minimum absolute atomic E-state index is 0.256. The van der Waals surface area contributed by atoms with Crippen LogP contribution in [-0.2, 0) is 10.8 Å².